The highest BCUT2D eigenvalue weighted by Crippen LogP contribution is 2.45. The molecule has 1 saturated heterocycles. The van der Waals surface area contributed by atoms with E-state index in [2.05, 4.69) is 15.1 Å². The molecule has 10 nitrogen and oxygen atoms in total. The zero-order valence-corrected chi connectivity index (χ0v) is 16.0. The second-order valence-electron chi connectivity index (χ2n) is 6.85. The van der Waals surface area contributed by atoms with Crippen LogP contribution < -0.4 is 20.5 Å². The third-order valence-corrected chi connectivity index (χ3v) is 4.82. The van der Waals surface area contributed by atoms with E-state index >= 15 is 0 Å². The molecule has 0 amide bonds. The lowest BCUT2D eigenvalue weighted by Crippen LogP contribution is -2.29. The minimum Gasteiger partial charge on any atom is -0.491 e. The Balaban J connectivity index is 1.51. The fraction of sp³-hybridized carbons (Fsp3) is 0.450. The van der Waals surface area contributed by atoms with Crippen molar-refractivity contribution in [3.05, 3.63) is 46.3 Å². The Morgan fingerprint density at radius 3 is 3.30 bits per heavy atom. The van der Waals surface area contributed by atoms with Crippen LogP contribution >= 0.6 is 0 Å². The molecule has 10 heteroatoms. The maximum Gasteiger partial charge on any atom is 0.351 e. The molecule has 30 heavy (non-hydrogen) atoms. The molecular weight excluding hydrogens is 392 g/mol. The van der Waals surface area contributed by atoms with Crippen LogP contribution in [0.2, 0.25) is 0 Å². The molecule has 1 aromatic heterocycles. The number of benzene rings is 1. The predicted octanol–water partition coefficient (Wildman–Crippen LogP) is 2.08. The summed E-state index contributed by atoms with van der Waals surface area (Å²) in [6.45, 7) is 7.44. The number of anilines is 2. The Morgan fingerprint density at radius 2 is 2.47 bits per heavy atom. The first-order valence-electron chi connectivity index (χ1n) is 10.6. The van der Waals surface area contributed by atoms with E-state index in [1.807, 2.05) is 0 Å². The number of methoxy groups -OCH3 is 1. The molecule has 2 aliphatic heterocycles. The first kappa shape index (κ1) is 17.7. The van der Waals surface area contributed by atoms with Crippen molar-refractivity contribution >= 4 is 11.5 Å². The van der Waals surface area contributed by atoms with Gasteiger partial charge in [0.25, 0.3) is 0 Å². The molecular formula is C20H22N4O6. The summed E-state index contributed by atoms with van der Waals surface area (Å²) in [5.74, 6) is 1.54. The molecule has 3 heterocycles. The average molecular weight is 417 g/mol. The van der Waals surface area contributed by atoms with Gasteiger partial charge in [-0.05, 0) is 12.1 Å². The summed E-state index contributed by atoms with van der Waals surface area (Å²) >= 11 is 0. The number of aliphatic hydroxyl groups excluding tert-OH is 1. The van der Waals surface area contributed by atoms with Gasteiger partial charge in [0.1, 0.15) is 23.8 Å². The number of nitrogens with zero attached hydrogens (tertiary/aromatic N) is 3. The van der Waals surface area contributed by atoms with Crippen molar-refractivity contribution in [2.45, 2.75) is 31.3 Å². The van der Waals surface area contributed by atoms with Gasteiger partial charge in [0.05, 0.1) is 34.7 Å². The van der Waals surface area contributed by atoms with Gasteiger partial charge in [0.2, 0.25) is 6.54 Å². The Labute approximate surface area is 175 Å². The molecule has 1 fully saturated rings. The standard InChI is InChI=1S/C20H22N4O6/c1-21-7-4-8-28-13-5-3-6-14-18(13)22-19-15(29-14)10-24(20(26)23-19)17-9-12(25)16(30-17)11-27-2/h3,5-6,10,12,16-17,25H,4,7-9,11H2,2H3,(H,22,23,26)/t12?,16-,17-/m1/s1/i2TD/t2?,12?,16-,17-. The van der Waals surface area contributed by atoms with E-state index in [4.69, 9.17) is 28.3 Å². The molecule has 0 bridgehead atoms. The Bertz CT molecular complexity index is 1070. The largest absolute Gasteiger partial charge is 0.491 e. The SMILES string of the molecule is [2H]C([3H])OC[C@H]1O[C@@H](n2cc3c(nc2=O)Nc2c(OCCC[N+]#[C-])cccc2O3)CC1O. The molecule has 0 aliphatic carbocycles. The van der Waals surface area contributed by atoms with Gasteiger partial charge in [-0.15, -0.1) is 0 Å². The number of fused-ring (bicyclic) bond motifs is 2. The van der Waals surface area contributed by atoms with Crippen LogP contribution in [0.4, 0.5) is 11.5 Å². The highest BCUT2D eigenvalue weighted by molar-refractivity contribution is 5.77. The average Bonchev–Trinajstić information content (AvgIpc) is 3.14. The highest BCUT2D eigenvalue weighted by atomic mass is 16.6. The van der Waals surface area contributed by atoms with Crippen LogP contribution in [0, 0.1) is 6.57 Å². The second kappa shape index (κ2) is 8.71. The summed E-state index contributed by atoms with van der Waals surface area (Å²) < 4.78 is 37.7. The van der Waals surface area contributed by atoms with E-state index < -0.39 is 31.2 Å². The lowest BCUT2D eigenvalue weighted by atomic mass is 10.2. The summed E-state index contributed by atoms with van der Waals surface area (Å²) in [7, 11) is -1.49. The molecule has 0 radical (unpaired) electrons. The maximum atomic E-state index is 12.6. The summed E-state index contributed by atoms with van der Waals surface area (Å²) in [6.07, 6.45) is -0.283. The normalized spacial score (nSPS) is 23.7. The third kappa shape index (κ3) is 3.95. The van der Waals surface area contributed by atoms with Crippen molar-refractivity contribution in [2.75, 3.05) is 32.1 Å². The number of aromatic nitrogens is 2. The van der Waals surface area contributed by atoms with Crippen molar-refractivity contribution in [2.24, 2.45) is 0 Å². The number of aliphatic hydroxyl groups is 1. The zero-order valence-electron chi connectivity index (χ0n) is 18.0. The van der Waals surface area contributed by atoms with Crippen LogP contribution in [0.25, 0.3) is 4.85 Å². The van der Waals surface area contributed by atoms with Crippen molar-refractivity contribution < 1.29 is 26.8 Å². The van der Waals surface area contributed by atoms with Crippen LogP contribution in [0.3, 0.4) is 0 Å². The number of rotatable bonds is 7. The van der Waals surface area contributed by atoms with E-state index in [1.54, 1.807) is 18.2 Å². The first-order chi connectivity index (χ1) is 15.5. The van der Waals surface area contributed by atoms with Gasteiger partial charge in [-0.3, -0.25) is 4.57 Å². The minimum atomic E-state index is -1.49. The highest BCUT2D eigenvalue weighted by Gasteiger charge is 2.36. The molecule has 1 aromatic carbocycles. The summed E-state index contributed by atoms with van der Waals surface area (Å²) in [6, 6.07) is 5.27. The van der Waals surface area contributed by atoms with Crippen molar-refractivity contribution in [1.82, 2.24) is 9.55 Å². The topological polar surface area (TPSA) is 108 Å². The van der Waals surface area contributed by atoms with Gasteiger partial charge in [0, 0.05) is 13.5 Å². The smallest absolute Gasteiger partial charge is 0.351 e. The van der Waals surface area contributed by atoms with Crippen molar-refractivity contribution in [3.8, 4) is 17.2 Å². The van der Waals surface area contributed by atoms with E-state index in [1.165, 1.54) is 10.8 Å². The lowest BCUT2D eigenvalue weighted by Gasteiger charge is -2.24. The number of ether oxygens (including phenoxy) is 4. The van der Waals surface area contributed by atoms with E-state index in [0.29, 0.717) is 42.5 Å². The molecule has 4 atom stereocenters. The van der Waals surface area contributed by atoms with E-state index in [0.717, 1.165) is 0 Å². The van der Waals surface area contributed by atoms with Crippen LogP contribution in [-0.2, 0) is 9.47 Å². The van der Waals surface area contributed by atoms with Crippen LogP contribution in [-0.4, -0.2) is 53.7 Å². The molecule has 158 valence electrons. The zero-order chi connectivity index (χ0) is 22.7. The molecule has 2 aromatic rings. The first-order valence-corrected chi connectivity index (χ1v) is 9.43. The van der Waals surface area contributed by atoms with Gasteiger partial charge in [-0.1, -0.05) is 6.07 Å². The van der Waals surface area contributed by atoms with Gasteiger partial charge >= 0.3 is 5.69 Å². The van der Waals surface area contributed by atoms with E-state index in [-0.39, 0.29) is 18.8 Å². The van der Waals surface area contributed by atoms with Gasteiger partial charge in [-0.25, -0.2) is 11.4 Å². The van der Waals surface area contributed by atoms with Gasteiger partial charge in [-0.2, -0.15) is 4.98 Å². The van der Waals surface area contributed by atoms with Gasteiger partial charge < -0.3 is 34.2 Å². The number of hydrogen-bond donors (Lipinski definition) is 2. The predicted molar refractivity (Wildman–Crippen MR) is 106 cm³/mol. The Kier molecular flexibility index (Phi) is 5.14. The maximum absolute atomic E-state index is 12.6. The lowest BCUT2D eigenvalue weighted by molar-refractivity contribution is -0.0547. The molecule has 2 N–H and O–H groups in total. The number of hydrogen-bond acceptors (Lipinski definition) is 8. The molecule has 0 spiro atoms. The fourth-order valence-electron chi connectivity index (χ4n) is 3.35. The van der Waals surface area contributed by atoms with Crippen molar-refractivity contribution in [1.29, 1.82) is 0 Å². The third-order valence-electron chi connectivity index (χ3n) is 4.82. The van der Waals surface area contributed by atoms with Gasteiger partial charge in [0.15, 0.2) is 17.3 Å². The number of nitrogens with one attached hydrogen (secondary N) is 1. The van der Waals surface area contributed by atoms with Crippen LogP contribution in [0.15, 0.2) is 29.2 Å². The monoisotopic (exact) mass is 417 g/mol. The summed E-state index contributed by atoms with van der Waals surface area (Å²) in [4.78, 5) is 20.0. The van der Waals surface area contributed by atoms with E-state index in [9.17, 15) is 9.90 Å². The molecule has 2 aliphatic rings. The summed E-state index contributed by atoms with van der Waals surface area (Å²) in [5, 5.41) is 13.3. The molecule has 4 rings (SSSR count). The van der Waals surface area contributed by atoms with Crippen molar-refractivity contribution in [3.63, 3.8) is 0 Å². The quantitative estimate of drug-likeness (QED) is 0.444. The summed E-state index contributed by atoms with van der Waals surface area (Å²) in [5.41, 5.74) is -0.0612. The number of para-hydroxylation sites is 1. The second-order valence-corrected chi connectivity index (χ2v) is 6.85. The Morgan fingerprint density at radius 1 is 1.57 bits per heavy atom. The minimum absolute atomic E-state index is 0.127. The molecule has 0 saturated carbocycles. The molecule has 2 unspecified atom stereocenters. The fourth-order valence-corrected chi connectivity index (χ4v) is 3.35. The Hall–Kier alpha value is -3.13. The van der Waals surface area contributed by atoms with Crippen LogP contribution in [0.5, 0.6) is 17.2 Å². The van der Waals surface area contributed by atoms with Crippen LogP contribution in [0.1, 0.15) is 21.8 Å².